The van der Waals surface area contributed by atoms with Crippen LogP contribution in [0, 0.1) is 11.8 Å². The minimum absolute atomic E-state index is 0.0689. The fourth-order valence-electron chi connectivity index (χ4n) is 9.67. The lowest BCUT2D eigenvalue weighted by Gasteiger charge is -2.43. The Morgan fingerprint density at radius 1 is 0.886 bits per heavy atom. The second-order valence-corrected chi connectivity index (χ2v) is 25.3. The molecule has 1 aliphatic heterocycles. The number of nitrogens with one attached hydrogen (secondary N) is 3. The molecule has 4 aromatic rings. The number of nitrogens with zero attached hydrogens (tertiary/aromatic N) is 3. The van der Waals surface area contributed by atoms with Gasteiger partial charge in [-0.3, -0.25) is 28.9 Å². The van der Waals surface area contributed by atoms with Gasteiger partial charge in [0.1, 0.15) is 22.8 Å². The number of ether oxygens (including phenoxy) is 1. The maximum atomic E-state index is 14.8. The molecule has 5 rings (SSSR count). The molecular weight excluding hydrogens is 917 g/mol. The van der Waals surface area contributed by atoms with E-state index in [0.717, 1.165) is 41.7 Å². The van der Waals surface area contributed by atoms with Gasteiger partial charge in [-0.05, 0) is 65.7 Å². The Morgan fingerprint density at radius 3 is 2.04 bits per heavy atom. The number of benzene rings is 3. The molecule has 0 aliphatic carbocycles. The van der Waals surface area contributed by atoms with E-state index in [4.69, 9.17) is 14.1 Å². The molecule has 0 spiro atoms. The first kappa shape index (κ1) is 55.7. The molecule has 1 aliphatic rings. The third-order valence-corrected chi connectivity index (χ3v) is 19.6. The standard InChI is InChI=1S/C55H78N6O7SSi/c1-11-32-61(54(66)49(39(5)12-2)59-52(65)46-30-22-23-33-60(46)10)47(38(3)4)36-48(68-40(6)62)53-58-45(37-69-53)51(64)57-44(35-41-24-16-13-17-25-41)50(63)56-31-34-67-70(55(7,8)9,42-26-18-14-19-27-42)43-28-20-15-21-29-43/h13-21,24-29,37-39,44,46-49H,11-12,22-23,30-36H2,1-10H3,(H,56,63)(H,57,64)(H,59,65)/t39-,44-,46+,47+,48+,49-/m0/s1. The van der Waals surface area contributed by atoms with Crippen LogP contribution in [0.4, 0.5) is 0 Å². The zero-order valence-electron chi connectivity index (χ0n) is 43.2. The van der Waals surface area contributed by atoms with Crippen LogP contribution in [-0.2, 0) is 34.8 Å². The molecule has 380 valence electrons. The highest BCUT2D eigenvalue weighted by atomic mass is 32.1. The van der Waals surface area contributed by atoms with Gasteiger partial charge in [0.2, 0.25) is 17.7 Å². The number of likely N-dealkylation sites (N-methyl/N-ethyl adjacent to an activating group) is 1. The largest absolute Gasteiger partial charge is 0.455 e. The summed E-state index contributed by atoms with van der Waals surface area (Å²) < 4.78 is 13.0. The molecule has 6 atom stereocenters. The highest BCUT2D eigenvalue weighted by molar-refractivity contribution is 7.09. The van der Waals surface area contributed by atoms with Crippen molar-refractivity contribution in [3.63, 3.8) is 0 Å². The number of amides is 4. The third kappa shape index (κ3) is 14.4. The number of piperidine rings is 1. The SMILES string of the molecule is CCCN(C(=O)[C@@H](NC(=O)[C@H]1CCCCN1C)[C@@H](C)CC)[C@H](C[C@@H](OC(C)=O)c1nc(C(=O)N[C@@H](Cc2ccccc2)C(=O)NCCO[Si](c2ccccc2)(c2ccccc2)C(C)(C)C)cs1)C(C)C. The van der Waals surface area contributed by atoms with Gasteiger partial charge in [-0.2, -0.15) is 0 Å². The Bertz CT molecular complexity index is 2250. The normalized spacial score (nSPS) is 16.6. The summed E-state index contributed by atoms with van der Waals surface area (Å²) in [5, 5.41) is 13.2. The Hall–Kier alpha value is -5.22. The number of rotatable bonds is 24. The van der Waals surface area contributed by atoms with Gasteiger partial charge in [0.15, 0.2) is 6.10 Å². The van der Waals surface area contributed by atoms with Crippen LogP contribution >= 0.6 is 11.3 Å². The zero-order valence-corrected chi connectivity index (χ0v) is 45.0. The van der Waals surface area contributed by atoms with Crippen molar-refractivity contribution in [3.05, 3.63) is 113 Å². The van der Waals surface area contributed by atoms with Gasteiger partial charge in [0.05, 0.1) is 12.6 Å². The lowest BCUT2D eigenvalue weighted by atomic mass is 9.92. The van der Waals surface area contributed by atoms with E-state index >= 15 is 0 Å². The van der Waals surface area contributed by atoms with Crippen molar-refractivity contribution in [2.45, 2.75) is 143 Å². The lowest BCUT2D eigenvalue weighted by Crippen LogP contribution is -2.67. The van der Waals surface area contributed by atoms with E-state index in [9.17, 15) is 24.0 Å². The number of carbonyl (C=O) groups is 5. The molecule has 0 saturated carbocycles. The zero-order chi connectivity index (χ0) is 51.0. The van der Waals surface area contributed by atoms with Crippen molar-refractivity contribution < 1.29 is 33.1 Å². The lowest BCUT2D eigenvalue weighted by molar-refractivity contribution is -0.149. The minimum Gasteiger partial charge on any atom is -0.455 e. The number of carbonyl (C=O) groups excluding carboxylic acids is 5. The molecule has 15 heteroatoms. The molecule has 0 unspecified atom stereocenters. The summed E-state index contributed by atoms with van der Waals surface area (Å²) >= 11 is 1.18. The van der Waals surface area contributed by atoms with Crippen LogP contribution in [-0.4, -0.2) is 110 Å². The summed E-state index contributed by atoms with van der Waals surface area (Å²) in [6.45, 7) is 19.8. The molecule has 13 nitrogen and oxygen atoms in total. The number of likely N-dealkylation sites (tertiary alicyclic amines) is 1. The Labute approximate surface area is 422 Å². The second-order valence-electron chi connectivity index (χ2n) is 20.1. The van der Waals surface area contributed by atoms with Crippen LogP contribution in [0.25, 0.3) is 0 Å². The number of hydrogen-bond donors (Lipinski definition) is 3. The van der Waals surface area contributed by atoms with Crippen LogP contribution in [0.15, 0.2) is 96.4 Å². The Balaban J connectivity index is 1.34. The predicted molar refractivity (Wildman–Crippen MR) is 282 cm³/mol. The van der Waals surface area contributed by atoms with Crippen LogP contribution in [0.2, 0.25) is 5.04 Å². The summed E-state index contributed by atoms with van der Waals surface area (Å²) in [5.41, 5.74) is 0.940. The molecule has 1 aromatic heterocycles. The van der Waals surface area contributed by atoms with Crippen LogP contribution in [0.3, 0.4) is 0 Å². The third-order valence-electron chi connectivity index (χ3n) is 13.6. The summed E-state index contributed by atoms with van der Waals surface area (Å²) in [6, 6.07) is 27.8. The van der Waals surface area contributed by atoms with Crippen molar-refractivity contribution in [1.29, 1.82) is 0 Å². The van der Waals surface area contributed by atoms with Crippen molar-refractivity contribution in [2.24, 2.45) is 11.8 Å². The number of thiazole rings is 1. The van der Waals surface area contributed by atoms with Crippen LogP contribution in [0.5, 0.6) is 0 Å². The summed E-state index contributed by atoms with van der Waals surface area (Å²) in [4.78, 5) is 78.1. The molecule has 0 radical (unpaired) electrons. The minimum atomic E-state index is -2.85. The second kappa shape index (κ2) is 26.3. The first-order valence-electron chi connectivity index (χ1n) is 25.2. The number of esters is 1. The quantitative estimate of drug-likeness (QED) is 0.0369. The van der Waals surface area contributed by atoms with Crippen LogP contribution < -0.4 is 26.3 Å². The predicted octanol–water partition coefficient (Wildman–Crippen LogP) is 7.45. The molecule has 1 fully saturated rings. The van der Waals surface area contributed by atoms with E-state index in [-0.39, 0.29) is 72.3 Å². The maximum absolute atomic E-state index is 14.8. The van der Waals surface area contributed by atoms with Gasteiger partial charge in [0.25, 0.3) is 14.2 Å². The van der Waals surface area contributed by atoms with Crippen molar-refractivity contribution >= 4 is 59.6 Å². The fraction of sp³-hybridized carbons (Fsp3) is 0.527. The number of hydrogen-bond acceptors (Lipinski definition) is 10. The van der Waals surface area contributed by atoms with E-state index in [2.05, 4.69) is 65.9 Å². The van der Waals surface area contributed by atoms with Crippen LogP contribution in [0.1, 0.15) is 128 Å². The summed E-state index contributed by atoms with van der Waals surface area (Å²) in [7, 11) is -0.894. The highest BCUT2D eigenvalue weighted by Crippen LogP contribution is 2.37. The molecule has 70 heavy (non-hydrogen) atoms. The van der Waals surface area contributed by atoms with Gasteiger partial charge < -0.3 is 30.0 Å². The average molecular weight is 995 g/mol. The summed E-state index contributed by atoms with van der Waals surface area (Å²) in [5.74, 6) is -1.94. The van der Waals surface area contributed by atoms with E-state index < -0.39 is 44.4 Å². The van der Waals surface area contributed by atoms with Gasteiger partial charge >= 0.3 is 5.97 Å². The highest BCUT2D eigenvalue weighted by Gasteiger charge is 2.50. The van der Waals surface area contributed by atoms with Gasteiger partial charge in [-0.1, -0.05) is 159 Å². The smallest absolute Gasteiger partial charge is 0.303 e. The monoisotopic (exact) mass is 995 g/mol. The van der Waals surface area contributed by atoms with Gasteiger partial charge in [-0.15, -0.1) is 11.3 Å². The first-order valence-corrected chi connectivity index (χ1v) is 28.0. The van der Waals surface area contributed by atoms with Crippen molar-refractivity contribution in [2.75, 3.05) is 33.3 Å². The van der Waals surface area contributed by atoms with Gasteiger partial charge in [0, 0.05) is 44.3 Å². The van der Waals surface area contributed by atoms with Crippen molar-refractivity contribution in [1.82, 2.24) is 30.7 Å². The molecular formula is C55H78N6O7SSi. The molecule has 0 bridgehead atoms. The maximum Gasteiger partial charge on any atom is 0.303 e. The Morgan fingerprint density at radius 2 is 1.50 bits per heavy atom. The molecule has 3 N–H and O–H groups in total. The number of aromatic nitrogens is 1. The fourth-order valence-corrected chi connectivity index (χ4v) is 15.1. The van der Waals surface area contributed by atoms with E-state index in [1.165, 1.54) is 18.3 Å². The topological polar surface area (TPSA) is 159 Å². The average Bonchev–Trinajstić information content (AvgIpc) is 3.84. The van der Waals surface area contributed by atoms with E-state index in [1.807, 2.05) is 113 Å². The molecule has 4 amide bonds. The molecule has 1 saturated heterocycles. The summed E-state index contributed by atoms with van der Waals surface area (Å²) in [6.07, 6.45) is 3.68. The Kier molecular flexibility index (Phi) is 20.9. The van der Waals surface area contributed by atoms with Gasteiger partial charge in [-0.25, -0.2) is 4.98 Å². The first-order chi connectivity index (χ1) is 33.4. The molecule has 3 aromatic carbocycles. The van der Waals surface area contributed by atoms with E-state index in [0.29, 0.717) is 24.4 Å². The van der Waals surface area contributed by atoms with E-state index in [1.54, 1.807) is 5.38 Å². The van der Waals surface area contributed by atoms with Crippen molar-refractivity contribution in [3.8, 4) is 0 Å². The molecule has 2 heterocycles.